The molecule has 3 nitrogen and oxygen atoms in total. The fourth-order valence-corrected chi connectivity index (χ4v) is 2.27. The third-order valence-corrected chi connectivity index (χ3v) is 3.64. The zero-order chi connectivity index (χ0) is 13.4. The quantitative estimate of drug-likeness (QED) is 0.798. The zero-order valence-electron chi connectivity index (χ0n) is 11.5. The SMILES string of the molecule is CCCN(CCNC)Cc1cc(OC)ccc1Br. The number of nitrogens with zero attached hydrogens (tertiary/aromatic N) is 1. The monoisotopic (exact) mass is 314 g/mol. The van der Waals surface area contributed by atoms with Gasteiger partial charge in [-0.1, -0.05) is 22.9 Å². The van der Waals surface area contributed by atoms with Crippen molar-refractivity contribution >= 4 is 15.9 Å². The second-order valence-corrected chi connectivity index (χ2v) is 5.19. The van der Waals surface area contributed by atoms with Gasteiger partial charge in [-0.25, -0.2) is 0 Å². The molecule has 102 valence electrons. The highest BCUT2D eigenvalue weighted by Gasteiger charge is 2.08. The molecule has 0 aliphatic rings. The molecule has 0 saturated carbocycles. The number of ether oxygens (including phenoxy) is 1. The number of nitrogens with one attached hydrogen (secondary N) is 1. The number of halogens is 1. The number of likely N-dealkylation sites (N-methyl/N-ethyl adjacent to an activating group) is 1. The van der Waals surface area contributed by atoms with Crippen LogP contribution in [0.25, 0.3) is 0 Å². The summed E-state index contributed by atoms with van der Waals surface area (Å²) in [7, 11) is 3.70. The molecule has 0 amide bonds. The van der Waals surface area contributed by atoms with Crippen molar-refractivity contribution in [3.05, 3.63) is 28.2 Å². The van der Waals surface area contributed by atoms with Crippen LogP contribution < -0.4 is 10.1 Å². The highest BCUT2D eigenvalue weighted by molar-refractivity contribution is 9.10. The second kappa shape index (κ2) is 8.51. The van der Waals surface area contributed by atoms with Crippen LogP contribution in [-0.2, 0) is 6.54 Å². The summed E-state index contributed by atoms with van der Waals surface area (Å²) in [6.45, 7) is 6.36. The summed E-state index contributed by atoms with van der Waals surface area (Å²) in [5.74, 6) is 0.915. The number of methoxy groups -OCH3 is 1. The van der Waals surface area contributed by atoms with E-state index in [9.17, 15) is 0 Å². The van der Waals surface area contributed by atoms with E-state index in [4.69, 9.17) is 4.74 Å². The predicted octanol–water partition coefficient (Wildman–Crippen LogP) is 2.89. The summed E-state index contributed by atoms with van der Waals surface area (Å²) in [6, 6.07) is 6.13. The zero-order valence-corrected chi connectivity index (χ0v) is 13.1. The molecule has 0 atom stereocenters. The summed E-state index contributed by atoms with van der Waals surface area (Å²) < 4.78 is 6.43. The third-order valence-electron chi connectivity index (χ3n) is 2.86. The van der Waals surface area contributed by atoms with E-state index in [0.29, 0.717) is 0 Å². The molecule has 1 N–H and O–H groups in total. The first kappa shape index (κ1) is 15.5. The van der Waals surface area contributed by atoms with Gasteiger partial charge in [-0.05, 0) is 43.8 Å². The number of hydrogen-bond donors (Lipinski definition) is 1. The fourth-order valence-electron chi connectivity index (χ4n) is 1.90. The van der Waals surface area contributed by atoms with Crippen molar-refractivity contribution in [1.82, 2.24) is 10.2 Å². The fraction of sp³-hybridized carbons (Fsp3) is 0.571. The van der Waals surface area contributed by atoms with Crippen LogP contribution in [-0.4, -0.2) is 38.7 Å². The summed E-state index contributed by atoms with van der Waals surface area (Å²) in [4.78, 5) is 2.45. The Labute approximate surface area is 119 Å². The maximum absolute atomic E-state index is 5.28. The van der Waals surface area contributed by atoms with Crippen molar-refractivity contribution in [3.8, 4) is 5.75 Å². The molecule has 1 rings (SSSR count). The minimum absolute atomic E-state index is 0.915. The molecule has 0 fully saturated rings. The van der Waals surface area contributed by atoms with Gasteiger partial charge in [-0.15, -0.1) is 0 Å². The Morgan fingerprint density at radius 2 is 2.11 bits per heavy atom. The molecule has 0 saturated heterocycles. The van der Waals surface area contributed by atoms with Gasteiger partial charge in [0.2, 0.25) is 0 Å². The van der Waals surface area contributed by atoms with Gasteiger partial charge in [0.15, 0.2) is 0 Å². The van der Waals surface area contributed by atoms with Gasteiger partial charge in [-0.2, -0.15) is 0 Å². The highest BCUT2D eigenvalue weighted by atomic mass is 79.9. The van der Waals surface area contributed by atoms with Crippen LogP contribution in [0, 0.1) is 0 Å². The molecule has 0 unspecified atom stereocenters. The first-order valence-electron chi connectivity index (χ1n) is 6.40. The summed E-state index contributed by atoms with van der Waals surface area (Å²) in [5, 5.41) is 3.20. The van der Waals surface area contributed by atoms with Gasteiger partial charge in [0.1, 0.15) is 5.75 Å². The number of benzene rings is 1. The summed E-state index contributed by atoms with van der Waals surface area (Å²) in [5.41, 5.74) is 1.28. The van der Waals surface area contributed by atoms with Crippen LogP contribution in [0.2, 0.25) is 0 Å². The van der Waals surface area contributed by atoms with Gasteiger partial charge in [0.05, 0.1) is 7.11 Å². The van der Waals surface area contributed by atoms with E-state index in [2.05, 4.69) is 45.2 Å². The van der Waals surface area contributed by atoms with Crippen molar-refractivity contribution in [3.63, 3.8) is 0 Å². The number of rotatable bonds is 8. The number of hydrogen-bond acceptors (Lipinski definition) is 3. The minimum Gasteiger partial charge on any atom is -0.497 e. The maximum atomic E-state index is 5.28. The molecular weight excluding hydrogens is 292 g/mol. The molecule has 0 aliphatic heterocycles. The Morgan fingerprint density at radius 3 is 2.72 bits per heavy atom. The Morgan fingerprint density at radius 1 is 1.33 bits per heavy atom. The average molecular weight is 315 g/mol. The molecule has 0 radical (unpaired) electrons. The molecule has 0 spiro atoms. The van der Waals surface area contributed by atoms with Crippen molar-refractivity contribution in [2.45, 2.75) is 19.9 Å². The van der Waals surface area contributed by atoms with Crippen molar-refractivity contribution in [2.75, 3.05) is 33.8 Å². The van der Waals surface area contributed by atoms with E-state index < -0.39 is 0 Å². The van der Waals surface area contributed by atoms with Gasteiger partial charge >= 0.3 is 0 Å². The molecule has 1 aromatic rings. The Kier molecular flexibility index (Phi) is 7.32. The molecule has 18 heavy (non-hydrogen) atoms. The van der Waals surface area contributed by atoms with Crippen molar-refractivity contribution in [2.24, 2.45) is 0 Å². The van der Waals surface area contributed by atoms with Crippen LogP contribution in [0.4, 0.5) is 0 Å². The van der Waals surface area contributed by atoms with Crippen LogP contribution in [0.5, 0.6) is 5.75 Å². The lowest BCUT2D eigenvalue weighted by Gasteiger charge is -2.22. The second-order valence-electron chi connectivity index (χ2n) is 4.34. The molecule has 1 aromatic carbocycles. The lowest BCUT2D eigenvalue weighted by Crippen LogP contribution is -2.31. The normalized spacial score (nSPS) is 10.9. The largest absolute Gasteiger partial charge is 0.497 e. The van der Waals surface area contributed by atoms with Crippen LogP contribution in [0.15, 0.2) is 22.7 Å². The van der Waals surface area contributed by atoms with E-state index in [1.54, 1.807) is 7.11 Å². The average Bonchev–Trinajstić information content (AvgIpc) is 2.38. The first-order valence-corrected chi connectivity index (χ1v) is 7.20. The van der Waals surface area contributed by atoms with Crippen molar-refractivity contribution in [1.29, 1.82) is 0 Å². The first-order chi connectivity index (χ1) is 8.71. The van der Waals surface area contributed by atoms with Gasteiger partial charge < -0.3 is 10.1 Å². The van der Waals surface area contributed by atoms with Gasteiger partial charge in [0, 0.05) is 24.1 Å². The standard InChI is InChI=1S/C14H23BrN2O/c1-4-8-17(9-7-16-2)11-12-10-13(18-3)5-6-14(12)15/h5-6,10,16H,4,7-9,11H2,1-3H3. The molecule has 0 heterocycles. The van der Waals surface area contributed by atoms with E-state index >= 15 is 0 Å². The molecule has 0 bridgehead atoms. The van der Waals surface area contributed by atoms with Crippen LogP contribution in [0.1, 0.15) is 18.9 Å². The van der Waals surface area contributed by atoms with Crippen LogP contribution in [0.3, 0.4) is 0 Å². The van der Waals surface area contributed by atoms with E-state index in [1.165, 1.54) is 12.0 Å². The van der Waals surface area contributed by atoms with E-state index in [-0.39, 0.29) is 0 Å². The molecule has 0 aromatic heterocycles. The molecule has 0 aliphatic carbocycles. The highest BCUT2D eigenvalue weighted by Crippen LogP contribution is 2.23. The summed E-state index contributed by atoms with van der Waals surface area (Å²) >= 11 is 3.61. The minimum atomic E-state index is 0.915. The Bertz CT molecular complexity index is 358. The Hall–Kier alpha value is -0.580. The Balaban J connectivity index is 2.72. The van der Waals surface area contributed by atoms with Gasteiger partial charge in [-0.3, -0.25) is 4.90 Å². The molecule has 4 heteroatoms. The smallest absolute Gasteiger partial charge is 0.119 e. The topological polar surface area (TPSA) is 24.5 Å². The van der Waals surface area contributed by atoms with Crippen molar-refractivity contribution < 1.29 is 4.74 Å². The maximum Gasteiger partial charge on any atom is 0.119 e. The predicted molar refractivity (Wildman–Crippen MR) is 80.2 cm³/mol. The van der Waals surface area contributed by atoms with Crippen LogP contribution >= 0.6 is 15.9 Å². The van der Waals surface area contributed by atoms with Gasteiger partial charge in [0.25, 0.3) is 0 Å². The third kappa shape index (κ3) is 4.96. The van der Waals surface area contributed by atoms with E-state index in [0.717, 1.165) is 36.4 Å². The lowest BCUT2D eigenvalue weighted by molar-refractivity contribution is 0.267. The van der Waals surface area contributed by atoms with E-state index in [1.807, 2.05) is 13.1 Å². The summed E-state index contributed by atoms with van der Waals surface area (Å²) in [6.07, 6.45) is 1.17. The molecular formula is C14H23BrN2O. The lowest BCUT2D eigenvalue weighted by atomic mass is 10.2.